The molecule has 1 aromatic heterocycles. The van der Waals surface area contributed by atoms with E-state index in [2.05, 4.69) is 10.5 Å². The second-order valence-corrected chi connectivity index (χ2v) is 8.33. The van der Waals surface area contributed by atoms with E-state index in [9.17, 15) is 9.59 Å². The zero-order valence-electron chi connectivity index (χ0n) is 19.4. The number of halogens is 1. The lowest BCUT2D eigenvalue weighted by Gasteiger charge is -2.09. The topological polar surface area (TPSA) is 111 Å². The van der Waals surface area contributed by atoms with E-state index in [0.29, 0.717) is 51.2 Å². The van der Waals surface area contributed by atoms with Crippen molar-refractivity contribution in [3.05, 3.63) is 94.6 Å². The van der Waals surface area contributed by atoms with E-state index < -0.39 is 12.1 Å². The molecule has 0 unspecified atom stereocenters. The predicted molar refractivity (Wildman–Crippen MR) is 135 cm³/mol. The number of hydrogen-bond acceptors (Lipinski definition) is 6. The molecule has 0 aliphatic carbocycles. The van der Waals surface area contributed by atoms with Gasteiger partial charge >= 0.3 is 12.1 Å². The molecule has 4 aromatic rings. The molecule has 1 heterocycles. The van der Waals surface area contributed by atoms with Crippen LogP contribution in [0.2, 0.25) is 5.02 Å². The van der Waals surface area contributed by atoms with E-state index in [1.807, 2.05) is 18.2 Å². The highest BCUT2D eigenvalue weighted by molar-refractivity contribution is 6.31. The first-order chi connectivity index (χ1) is 17.4. The first-order valence-corrected chi connectivity index (χ1v) is 11.5. The molecule has 0 bridgehead atoms. The van der Waals surface area contributed by atoms with E-state index >= 15 is 0 Å². The smallest absolute Gasteiger partial charge is 0.411 e. The van der Waals surface area contributed by atoms with Gasteiger partial charge in [-0.2, -0.15) is 0 Å². The summed E-state index contributed by atoms with van der Waals surface area (Å²) in [5.74, 6) is 0.549. The number of aryl methyl sites for hydroxylation is 1. The highest BCUT2D eigenvalue weighted by Crippen LogP contribution is 2.33. The summed E-state index contributed by atoms with van der Waals surface area (Å²) in [5.41, 5.74) is 3.12. The van der Waals surface area contributed by atoms with E-state index in [0.717, 1.165) is 5.56 Å². The number of hydrogen-bond donors (Lipinski definition) is 2. The SMILES string of the molecule is Cc1noc(-c2ccc(Oc3cccc(CC(=O)O)c3)cc2)c1NC(=O)OCCc1ccccc1Cl. The molecule has 0 radical (unpaired) electrons. The minimum atomic E-state index is -0.909. The number of ether oxygens (including phenoxy) is 2. The van der Waals surface area contributed by atoms with Gasteiger partial charge in [-0.25, -0.2) is 4.79 Å². The fraction of sp³-hybridized carbons (Fsp3) is 0.148. The maximum atomic E-state index is 12.4. The summed E-state index contributed by atoms with van der Waals surface area (Å²) in [6.45, 7) is 1.88. The van der Waals surface area contributed by atoms with Crippen LogP contribution in [-0.2, 0) is 22.4 Å². The molecule has 3 aromatic carbocycles. The lowest BCUT2D eigenvalue weighted by molar-refractivity contribution is -0.136. The molecule has 0 saturated carbocycles. The summed E-state index contributed by atoms with van der Waals surface area (Å²) in [5, 5.41) is 16.3. The van der Waals surface area contributed by atoms with Crippen LogP contribution in [-0.4, -0.2) is 28.9 Å². The summed E-state index contributed by atoms with van der Waals surface area (Å²) < 4.78 is 16.6. The highest BCUT2D eigenvalue weighted by Gasteiger charge is 2.18. The number of aliphatic carboxylic acids is 1. The zero-order valence-corrected chi connectivity index (χ0v) is 20.1. The number of amides is 1. The molecule has 4 rings (SSSR count). The van der Waals surface area contributed by atoms with Crippen molar-refractivity contribution < 1.29 is 28.7 Å². The Labute approximate surface area is 212 Å². The van der Waals surface area contributed by atoms with Crippen molar-refractivity contribution in [1.29, 1.82) is 0 Å². The number of carboxylic acid groups (broad SMARTS) is 1. The van der Waals surface area contributed by atoms with Crippen LogP contribution in [0, 0.1) is 6.92 Å². The van der Waals surface area contributed by atoms with Crippen LogP contribution < -0.4 is 10.1 Å². The van der Waals surface area contributed by atoms with Crippen LogP contribution >= 0.6 is 11.6 Å². The predicted octanol–water partition coefficient (Wildman–Crippen LogP) is 6.51. The second kappa shape index (κ2) is 11.4. The van der Waals surface area contributed by atoms with Gasteiger partial charge in [-0.05, 0) is 60.5 Å². The van der Waals surface area contributed by atoms with Crippen LogP contribution in [0.1, 0.15) is 16.8 Å². The normalized spacial score (nSPS) is 10.6. The summed E-state index contributed by atoms with van der Waals surface area (Å²) >= 11 is 6.14. The first kappa shape index (κ1) is 24.8. The van der Waals surface area contributed by atoms with Crippen molar-refractivity contribution >= 4 is 29.4 Å². The number of carbonyl (C=O) groups excluding carboxylic acids is 1. The monoisotopic (exact) mass is 506 g/mol. The molecular weight excluding hydrogens is 484 g/mol. The van der Waals surface area contributed by atoms with Gasteiger partial charge in [-0.15, -0.1) is 0 Å². The quantitative estimate of drug-likeness (QED) is 0.266. The van der Waals surface area contributed by atoms with Gasteiger partial charge in [0.05, 0.1) is 13.0 Å². The molecule has 2 N–H and O–H groups in total. The molecule has 0 atom stereocenters. The van der Waals surface area contributed by atoms with Crippen molar-refractivity contribution in [2.24, 2.45) is 0 Å². The van der Waals surface area contributed by atoms with Gasteiger partial charge in [0.15, 0.2) is 5.76 Å². The molecule has 9 heteroatoms. The molecule has 1 amide bonds. The number of carbonyl (C=O) groups is 2. The van der Waals surface area contributed by atoms with Gasteiger partial charge in [0.1, 0.15) is 22.9 Å². The van der Waals surface area contributed by atoms with Crippen molar-refractivity contribution in [3.8, 4) is 22.8 Å². The van der Waals surface area contributed by atoms with Crippen LogP contribution in [0.25, 0.3) is 11.3 Å². The zero-order chi connectivity index (χ0) is 25.5. The van der Waals surface area contributed by atoms with E-state index in [-0.39, 0.29) is 13.0 Å². The Balaban J connectivity index is 1.39. The standard InChI is InChI=1S/C27H23ClN2O6/c1-17-25(29-27(33)34-14-13-19-6-2-3-8-23(19)28)26(36-30-17)20-9-11-21(12-10-20)35-22-7-4-5-18(15-22)16-24(31)32/h2-12,15H,13-14,16H2,1H3,(H,29,33)(H,31,32). The summed E-state index contributed by atoms with van der Waals surface area (Å²) in [6.07, 6.45) is -0.224. The Morgan fingerprint density at radius 1 is 1.03 bits per heavy atom. The average Bonchev–Trinajstić information content (AvgIpc) is 3.20. The lowest BCUT2D eigenvalue weighted by Crippen LogP contribution is -2.16. The number of aromatic nitrogens is 1. The highest BCUT2D eigenvalue weighted by atomic mass is 35.5. The molecule has 184 valence electrons. The molecule has 0 spiro atoms. The third-order valence-electron chi connectivity index (χ3n) is 5.26. The minimum Gasteiger partial charge on any atom is -0.481 e. The molecule has 36 heavy (non-hydrogen) atoms. The number of anilines is 1. The largest absolute Gasteiger partial charge is 0.481 e. The van der Waals surface area contributed by atoms with Crippen molar-refractivity contribution in [2.75, 3.05) is 11.9 Å². The van der Waals surface area contributed by atoms with E-state index in [1.165, 1.54) is 0 Å². The van der Waals surface area contributed by atoms with Gasteiger partial charge in [-0.3, -0.25) is 10.1 Å². The number of nitrogens with one attached hydrogen (secondary N) is 1. The fourth-order valence-electron chi connectivity index (χ4n) is 3.51. The number of carboxylic acids is 1. The van der Waals surface area contributed by atoms with Crippen LogP contribution in [0.4, 0.5) is 10.5 Å². The maximum Gasteiger partial charge on any atom is 0.411 e. The van der Waals surface area contributed by atoms with Crippen molar-refractivity contribution in [1.82, 2.24) is 5.16 Å². The van der Waals surface area contributed by atoms with Crippen molar-refractivity contribution in [3.63, 3.8) is 0 Å². The van der Waals surface area contributed by atoms with Crippen LogP contribution in [0.5, 0.6) is 11.5 Å². The van der Waals surface area contributed by atoms with Crippen LogP contribution in [0.3, 0.4) is 0 Å². The lowest BCUT2D eigenvalue weighted by atomic mass is 10.1. The summed E-state index contributed by atoms with van der Waals surface area (Å²) in [7, 11) is 0. The van der Waals surface area contributed by atoms with Gasteiger partial charge < -0.3 is 19.1 Å². The third-order valence-corrected chi connectivity index (χ3v) is 5.63. The average molecular weight is 507 g/mol. The number of benzene rings is 3. The Morgan fingerprint density at radius 2 is 1.81 bits per heavy atom. The van der Waals surface area contributed by atoms with Crippen molar-refractivity contribution in [2.45, 2.75) is 19.8 Å². The van der Waals surface area contributed by atoms with Gasteiger partial charge in [0.25, 0.3) is 0 Å². The van der Waals surface area contributed by atoms with Gasteiger partial charge in [-0.1, -0.05) is 47.1 Å². The third kappa shape index (κ3) is 6.43. The van der Waals surface area contributed by atoms with Gasteiger partial charge in [0, 0.05) is 17.0 Å². The number of nitrogens with zero attached hydrogens (tertiary/aromatic N) is 1. The Bertz CT molecular complexity index is 1370. The second-order valence-electron chi connectivity index (χ2n) is 7.92. The van der Waals surface area contributed by atoms with Gasteiger partial charge in [0.2, 0.25) is 0 Å². The molecule has 0 fully saturated rings. The van der Waals surface area contributed by atoms with E-state index in [4.69, 9.17) is 30.7 Å². The summed E-state index contributed by atoms with van der Waals surface area (Å²) in [4.78, 5) is 23.3. The molecule has 0 saturated heterocycles. The number of rotatable bonds is 9. The molecule has 8 nitrogen and oxygen atoms in total. The fourth-order valence-corrected chi connectivity index (χ4v) is 3.74. The Hall–Kier alpha value is -4.30. The Kier molecular flexibility index (Phi) is 7.87. The summed E-state index contributed by atoms with van der Waals surface area (Å²) in [6, 6.07) is 21.3. The molecule has 0 aliphatic rings. The molecule has 0 aliphatic heterocycles. The Morgan fingerprint density at radius 3 is 2.56 bits per heavy atom. The first-order valence-electron chi connectivity index (χ1n) is 11.1. The minimum absolute atomic E-state index is 0.0841. The van der Waals surface area contributed by atoms with E-state index in [1.54, 1.807) is 61.5 Å². The maximum absolute atomic E-state index is 12.4. The molecular formula is C27H23ClN2O6. The van der Waals surface area contributed by atoms with Crippen LogP contribution in [0.15, 0.2) is 77.3 Å².